The number of aliphatic hydroxyl groups is 1. The Morgan fingerprint density at radius 3 is 2.21 bits per heavy atom. The maximum atomic E-state index is 12.7. The van der Waals surface area contributed by atoms with Crippen molar-refractivity contribution in [3.63, 3.8) is 0 Å². The molecule has 0 unspecified atom stereocenters. The van der Waals surface area contributed by atoms with E-state index in [9.17, 15) is 14.7 Å². The Bertz CT molecular complexity index is 897. The fraction of sp³-hybridized carbons (Fsp3) is 0.400. The molecule has 2 aliphatic heterocycles. The average molecular weight is 454 g/mol. The van der Waals surface area contributed by atoms with Crippen molar-refractivity contribution in [2.75, 3.05) is 39.3 Å². The van der Waals surface area contributed by atoms with E-state index in [0.717, 1.165) is 0 Å². The number of carbonyl (C=O) groups is 2. The van der Waals surface area contributed by atoms with E-state index in [4.69, 9.17) is 23.2 Å². The van der Waals surface area contributed by atoms with Crippen LogP contribution in [0.3, 0.4) is 0 Å². The molecule has 2 fully saturated rings. The Balaban J connectivity index is 1.34. The van der Waals surface area contributed by atoms with Gasteiger partial charge in [0.15, 0.2) is 0 Å². The van der Waals surface area contributed by atoms with E-state index in [1.165, 1.54) is 11.3 Å². The Kier molecular flexibility index (Phi) is 6.13. The van der Waals surface area contributed by atoms with E-state index < -0.39 is 6.10 Å². The van der Waals surface area contributed by atoms with E-state index >= 15 is 0 Å². The molecule has 3 heterocycles. The van der Waals surface area contributed by atoms with Gasteiger partial charge in [-0.05, 0) is 36.4 Å². The van der Waals surface area contributed by atoms with Gasteiger partial charge in [-0.3, -0.25) is 14.5 Å². The molecule has 2 amide bonds. The van der Waals surface area contributed by atoms with Crippen LogP contribution >= 0.6 is 34.5 Å². The Morgan fingerprint density at radius 2 is 1.59 bits per heavy atom. The van der Waals surface area contributed by atoms with Crippen molar-refractivity contribution < 1.29 is 14.7 Å². The monoisotopic (exact) mass is 453 g/mol. The third-order valence-electron chi connectivity index (χ3n) is 5.49. The minimum atomic E-state index is -0.604. The van der Waals surface area contributed by atoms with Crippen molar-refractivity contribution in [2.45, 2.75) is 12.1 Å². The van der Waals surface area contributed by atoms with Crippen LogP contribution in [0.5, 0.6) is 0 Å². The molecule has 0 spiro atoms. The molecular weight excluding hydrogens is 433 g/mol. The van der Waals surface area contributed by atoms with Crippen LogP contribution in [0.2, 0.25) is 9.36 Å². The molecule has 0 radical (unpaired) electrons. The highest BCUT2D eigenvalue weighted by atomic mass is 35.5. The molecule has 6 nitrogen and oxygen atoms in total. The molecule has 2 saturated heterocycles. The molecule has 1 aromatic carbocycles. The van der Waals surface area contributed by atoms with Crippen LogP contribution in [0.1, 0.15) is 20.0 Å². The molecule has 1 N–H and O–H groups in total. The summed E-state index contributed by atoms with van der Waals surface area (Å²) in [5.74, 6) is -0.111. The summed E-state index contributed by atoms with van der Waals surface area (Å²) in [7, 11) is 0. The third-order valence-corrected chi connectivity index (χ3v) is 6.96. The highest BCUT2D eigenvalue weighted by molar-refractivity contribution is 7.17. The van der Waals surface area contributed by atoms with E-state index in [1.807, 2.05) is 4.90 Å². The predicted octanol–water partition coefficient (Wildman–Crippen LogP) is 2.70. The van der Waals surface area contributed by atoms with Crippen molar-refractivity contribution in [3.05, 3.63) is 56.2 Å². The number of aliphatic hydroxyl groups excluding tert-OH is 1. The van der Waals surface area contributed by atoms with Gasteiger partial charge in [-0.2, -0.15) is 0 Å². The molecule has 0 aliphatic carbocycles. The summed E-state index contributed by atoms with van der Waals surface area (Å²) in [5.41, 5.74) is 0.620. The van der Waals surface area contributed by atoms with E-state index in [-0.39, 0.29) is 17.9 Å². The fourth-order valence-electron chi connectivity index (χ4n) is 3.91. The SMILES string of the molecule is O=C(c1ccc(Cl)cc1)N1CCN([C@H]2CN(C(=O)c3ccc(Cl)s3)C[C@@H]2O)CC1. The molecule has 29 heavy (non-hydrogen) atoms. The maximum Gasteiger partial charge on any atom is 0.264 e. The standard InChI is InChI=1S/C20H21Cl2N3O3S/c21-14-3-1-13(2-4-14)19(27)24-9-7-23(8-10-24)15-11-25(12-16(15)26)20(28)17-5-6-18(22)29-17/h1-6,15-16,26H,7-12H2/t15-,16-/m0/s1. The fourth-order valence-corrected chi connectivity index (χ4v) is 5.05. The second kappa shape index (κ2) is 8.62. The predicted molar refractivity (Wildman–Crippen MR) is 114 cm³/mol. The van der Waals surface area contributed by atoms with Crippen LogP contribution in [0.15, 0.2) is 36.4 Å². The van der Waals surface area contributed by atoms with Gasteiger partial charge in [-0.25, -0.2) is 0 Å². The lowest BCUT2D eigenvalue weighted by Crippen LogP contribution is -2.54. The van der Waals surface area contributed by atoms with Gasteiger partial charge in [0.1, 0.15) is 0 Å². The van der Waals surface area contributed by atoms with Crippen molar-refractivity contribution in [1.82, 2.24) is 14.7 Å². The van der Waals surface area contributed by atoms with Crippen LogP contribution in [0.4, 0.5) is 0 Å². The molecule has 1 aromatic heterocycles. The van der Waals surface area contributed by atoms with Crippen LogP contribution in [0, 0.1) is 0 Å². The Morgan fingerprint density at radius 1 is 0.897 bits per heavy atom. The van der Waals surface area contributed by atoms with Crippen LogP contribution in [0.25, 0.3) is 0 Å². The summed E-state index contributed by atoms with van der Waals surface area (Å²) in [6.07, 6.45) is -0.604. The number of piperazine rings is 1. The molecule has 0 saturated carbocycles. The molecule has 2 aliphatic rings. The number of nitrogens with zero attached hydrogens (tertiary/aromatic N) is 3. The number of β-amino-alcohol motifs (C(OH)–C–C–N with tert-alkyl or cyclic N) is 1. The number of rotatable bonds is 3. The second-order valence-electron chi connectivity index (χ2n) is 7.28. The van der Waals surface area contributed by atoms with E-state index in [2.05, 4.69) is 4.90 Å². The van der Waals surface area contributed by atoms with Crippen LogP contribution < -0.4 is 0 Å². The number of carbonyl (C=O) groups excluding carboxylic acids is 2. The number of hydrogen-bond donors (Lipinski definition) is 1. The van der Waals surface area contributed by atoms with Gasteiger partial charge < -0.3 is 14.9 Å². The van der Waals surface area contributed by atoms with E-state index in [0.29, 0.717) is 59.1 Å². The topological polar surface area (TPSA) is 64.1 Å². The van der Waals surface area contributed by atoms with Gasteiger partial charge >= 0.3 is 0 Å². The first-order chi connectivity index (χ1) is 13.9. The molecule has 154 valence electrons. The summed E-state index contributed by atoms with van der Waals surface area (Å²) in [6.45, 7) is 3.27. The van der Waals surface area contributed by atoms with Crippen molar-refractivity contribution >= 4 is 46.4 Å². The number of hydrogen-bond acceptors (Lipinski definition) is 5. The van der Waals surface area contributed by atoms with Gasteiger partial charge in [0.2, 0.25) is 0 Å². The summed E-state index contributed by atoms with van der Waals surface area (Å²) in [4.78, 5) is 31.6. The maximum absolute atomic E-state index is 12.7. The molecule has 4 rings (SSSR count). The van der Waals surface area contributed by atoms with Gasteiger partial charge in [0, 0.05) is 49.9 Å². The highest BCUT2D eigenvalue weighted by Crippen LogP contribution is 2.26. The zero-order valence-electron chi connectivity index (χ0n) is 15.6. The highest BCUT2D eigenvalue weighted by Gasteiger charge is 2.39. The molecule has 2 atom stereocenters. The Hall–Kier alpha value is -1.64. The van der Waals surface area contributed by atoms with Crippen LogP contribution in [-0.2, 0) is 0 Å². The summed E-state index contributed by atoms with van der Waals surface area (Å²) >= 11 is 13.1. The number of amides is 2. The zero-order chi connectivity index (χ0) is 20.5. The molecule has 0 bridgehead atoms. The average Bonchev–Trinajstić information content (AvgIpc) is 3.33. The third kappa shape index (κ3) is 4.44. The zero-order valence-corrected chi connectivity index (χ0v) is 18.0. The van der Waals surface area contributed by atoms with Crippen LogP contribution in [-0.4, -0.2) is 83.0 Å². The van der Waals surface area contributed by atoms with Gasteiger partial charge in [0.25, 0.3) is 11.8 Å². The lowest BCUT2D eigenvalue weighted by Gasteiger charge is -2.38. The lowest BCUT2D eigenvalue weighted by molar-refractivity contribution is 0.0376. The summed E-state index contributed by atoms with van der Waals surface area (Å²) in [5, 5.41) is 11.1. The van der Waals surface area contributed by atoms with Crippen molar-refractivity contribution in [1.29, 1.82) is 0 Å². The normalized spacial score (nSPS) is 22.9. The number of thiophene rings is 1. The number of benzene rings is 1. The number of likely N-dealkylation sites (tertiary alicyclic amines) is 1. The molecular formula is C20H21Cl2N3O3S. The van der Waals surface area contributed by atoms with Gasteiger partial charge in [0.05, 0.1) is 21.4 Å². The van der Waals surface area contributed by atoms with E-state index in [1.54, 1.807) is 41.3 Å². The first-order valence-electron chi connectivity index (χ1n) is 9.44. The van der Waals surface area contributed by atoms with Crippen molar-refractivity contribution in [3.8, 4) is 0 Å². The minimum absolute atomic E-state index is 0.0142. The molecule has 2 aromatic rings. The first kappa shape index (κ1) is 20.6. The lowest BCUT2D eigenvalue weighted by atomic mass is 10.1. The summed E-state index contributed by atoms with van der Waals surface area (Å²) < 4.78 is 0.575. The smallest absolute Gasteiger partial charge is 0.264 e. The van der Waals surface area contributed by atoms with Gasteiger partial charge in [-0.15, -0.1) is 11.3 Å². The second-order valence-corrected chi connectivity index (χ2v) is 9.44. The largest absolute Gasteiger partial charge is 0.390 e. The Labute approximate surface area is 183 Å². The molecule has 9 heteroatoms. The quantitative estimate of drug-likeness (QED) is 0.775. The first-order valence-corrected chi connectivity index (χ1v) is 11.0. The summed E-state index contributed by atoms with van der Waals surface area (Å²) in [6, 6.07) is 10.2. The van der Waals surface area contributed by atoms with Crippen molar-refractivity contribution in [2.24, 2.45) is 0 Å². The number of halogens is 2. The minimum Gasteiger partial charge on any atom is -0.390 e. The van der Waals surface area contributed by atoms with Gasteiger partial charge in [-0.1, -0.05) is 23.2 Å².